The third-order valence-corrected chi connectivity index (χ3v) is 6.23. The van der Waals surface area contributed by atoms with E-state index in [-0.39, 0.29) is 18.3 Å². The molecule has 0 aliphatic heterocycles. The normalized spacial score (nSPS) is 24.9. The van der Waals surface area contributed by atoms with Gasteiger partial charge < -0.3 is 29.8 Å². The van der Waals surface area contributed by atoms with Crippen molar-refractivity contribution >= 4 is 22.9 Å². The Kier molecular flexibility index (Phi) is 4.87. The molecule has 0 spiro atoms. The number of nitrogens with zero attached hydrogens (tertiary/aromatic N) is 7. The lowest BCUT2D eigenvalue weighted by molar-refractivity contribution is -0.136. The molecule has 1 unspecified atom stereocenters. The van der Waals surface area contributed by atoms with E-state index >= 15 is 0 Å². The molecule has 0 radical (unpaired) electrons. The van der Waals surface area contributed by atoms with E-state index in [2.05, 4.69) is 35.9 Å². The fourth-order valence-electron chi connectivity index (χ4n) is 4.36. The molecule has 1 amide bonds. The third kappa shape index (κ3) is 3.15. The van der Waals surface area contributed by atoms with Gasteiger partial charge in [-0.25, -0.2) is 4.98 Å². The minimum atomic E-state index is -1.25. The van der Waals surface area contributed by atoms with Crippen molar-refractivity contribution in [1.82, 2.24) is 39.8 Å². The minimum Gasteiger partial charge on any atom is -0.463 e. The highest BCUT2D eigenvalue weighted by molar-refractivity contribution is 5.85. The summed E-state index contributed by atoms with van der Waals surface area (Å²) in [5, 5.41) is 35.3. The monoisotopic (exact) mass is 453 g/mol. The van der Waals surface area contributed by atoms with Gasteiger partial charge in [-0.05, 0) is 25.5 Å². The molecule has 4 heterocycles. The molecular weight excluding hydrogens is 430 g/mol. The predicted molar refractivity (Wildman–Crippen MR) is 115 cm³/mol. The van der Waals surface area contributed by atoms with Crippen LogP contribution in [0.5, 0.6) is 0 Å². The van der Waals surface area contributed by atoms with Crippen LogP contribution in [-0.4, -0.2) is 76.9 Å². The second-order valence-electron chi connectivity index (χ2n) is 8.18. The number of furan rings is 1. The topological polar surface area (TPSA) is 169 Å². The van der Waals surface area contributed by atoms with E-state index in [1.165, 1.54) is 18.1 Å². The van der Waals surface area contributed by atoms with Crippen molar-refractivity contribution in [2.45, 2.75) is 31.6 Å². The van der Waals surface area contributed by atoms with Gasteiger partial charge >= 0.3 is 0 Å². The first kappa shape index (κ1) is 21.0. The first-order chi connectivity index (χ1) is 15.9. The van der Waals surface area contributed by atoms with Crippen LogP contribution in [0, 0.1) is 5.41 Å². The second kappa shape index (κ2) is 7.64. The van der Waals surface area contributed by atoms with Crippen molar-refractivity contribution in [3.63, 3.8) is 0 Å². The molecule has 13 heteroatoms. The predicted octanol–water partition coefficient (Wildman–Crippen LogP) is 0.128. The zero-order chi connectivity index (χ0) is 23.3. The van der Waals surface area contributed by atoms with Crippen molar-refractivity contribution < 1.29 is 19.4 Å². The molecule has 1 aliphatic carbocycles. The highest BCUT2D eigenvalue weighted by Gasteiger charge is 2.54. The standard InChI is InChI=1S/C20H23N9O4/c1-20(18(32)22-3)7-11(14(30)15(20)31)28-9-23-13-16(21-2)24-19(25-17(13)28)29-8-10(26-27-29)12-5-4-6-33-12/h4-6,8-9,11,14-15,30-31H,7H2,1-3H3,(H,22,32)(H,21,24,25)/t11-,14+,15+,20?/m1/s1. The zero-order valence-corrected chi connectivity index (χ0v) is 18.2. The molecule has 4 aromatic heterocycles. The molecule has 0 saturated heterocycles. The highest BCUT2D eigenvalue weighted by atomic mass is 16.3. The summed E-state index contributed by atoms with van der Waals surface area (Å²) in [6, 6.07) is 2.89. The Morgan fingerprint density at radius 2 is 2.12 bits per heavy atom. The van der Waals surface area contributed by atoms with E-state index in [4.69, 9.17) is 4.42 Å². The lowest BCUT2D eigenvalue weighted by atomic mass is 9.85. The van der Waals surface area contributed by atoms with E-state index in [1.54, 1.807) is 43.1 Å². The van der Waals surface area contributed by atoms with Crippen LogP contribution in [0.2, 0.25) is 0 Å². The fraction of sp³-hybridized carbons (Fsp3) is 0.400. The van der Waals surface area contributed by atoms with E-state index in [1.807, 2.05) is 0 Å². The quantitative estimate of drug-likeness (QED) is 0.326. The number of carbonyl (C=O) groups is 1. The van der Waals surface area contributed by atoms with Gasteiger partial charge in [-0.15, -0.1) is 5.10 Å². The van der Waals surface area contributed by atoms with Gasteiger partial charge in [0.2, 0.25) is 5.91 Å². The number of fused-ring (bicyclic) bond motifs is 1. The Morgan fingerprint density at radius 1 is 1.30 bits per heavy atom. The van der Waals surface area contributed by atoms with Crippen LogP contribution in [-0.2, 0) is 4.79 Å². The van der Waals surface area contributed by atoms with Crippen LogP contribution in [0.15, 0.2) is 35.3 Å². The van der Waals surface area contributed by atoms with Gasteiger partial charge in [0.15, 0.2) is 22.7 Å². The van der Waals surface area contributed by atoms with Gasteiger partial charge in [-0.1, -0.05) is 5.21 Å². The number of aromatic nitrogens is 7. The average molecular weight is 453 g/mol. The molecular formula is C20H23N9O4. The molecule has 4 N–H and O–H groups in total. The van der Waals surface area contributed by atoms with Crippen LogP contribution >= 0.6 is 0 Å². The lowest BCUT2D eigenvalue weighted by Crippen LogP contribution is -2.45. The number of aliphatic hydroxyl groups excluding tert-OH is 2. The molecule has 0 bridgehead atoms. The molecule has 1 aliphatic rings. The summed E-state index contributed by atoms with van der Waals surface area (Å²) < 4.78 is 8.43. The molecule has 1 fully saturated rings. The highest BCUT2D eigenvalue weighted by Crippen LogP contribution is 2.45. The zero-order valence-electron chi connectivity index (χ0n) is 18.2. The van der Waals surface area contributed by atoms with Gasteiger partial charge in [-0.2, -0.15) is 14.6 Å². The third-order valence-electron chi connectivity index (χ3n) is 6.23. The Hall–Kier alpha value is -3.84. The summed E-state index contributed by atoms with van der Waals surface area (Å²) in [7, 11) is 3.21. The number of nitrogens with one attached hydrogen (secondary N) is 2. The van der Waals surface area contributed by atoms with Gasteiger partial charge in [0.25, 0.3) is 5.95 Å². The smallest absolute Gasteiger partial charge is 0.256 e. The first-order valence-electron chi connectivity index (χ1n) is 10.3. The number of imidazole rings is 1. The Balaban J connectivity index is 1.59. The van der Waals surface area contributed by atoms with Gasteiger partial charge in [0.1, 0.15) is 11.8 Å². The minimum absolute atomic E-state index is 0.195. The SMILES string of the molecule is CNC(=O)C1(C)C[C@@H](n2cnc3c(NC)nc(-n4cc(-c5ccco5)nn4)nc32)[C@H](O)[C@@H]1O. The van der Waals surface area contributed by atoms with Crippen molar-refractivity contribution in [3.05, 3.63) is 30.9 Å². The molecule has 33 heavy (non-hydrogen) atoms. The van der Waals surface area contributed by atoms with Crippen LogP contribution in [0.3, 0.4) is 0 Å². The Labute approximate surface area is 187 Å². The van der Waals surface area contributed by atoms with E-state index in [0.717, 1.165) is 0 Å². The largest absolute Gasteiger partial charge is 0.463 e. The summed E-state index contributed by atoms with van der Waals surface area (Å²) in [5.41, 5.74) is 0.236. The summed E-state index contributed by atoms with van der Waals surface area (Å²) >= 11 is 0. The van der Waals surface area contributed by atoms with Crippen LogP contribution in [0.25, 0.3) is 28.6 Å². The number of rotatable bonds is 5. The molecule has 1 saturated carbocycles. The number of hydrogen-bond donors (Lipinski definition) is 4. The van der Waals surface area contributed by atoms with Crippen LogP contribution < -0.4 is 10.6 Å². The van der Waals surface area contributed by atoms with Crippen molar-refractivity contribution in [2.75, 3.05) is 19.4 Å². The van der Waals surface area contributed by atoms with Gasteiger partial charge in [0.05, 0.1) is 36.3 Å². The number of hydrogen-bond acceptors (Lipinski definition) is 10. The first-order valence-corrected chi connectivity index (χ1v) is 10.3. The van der Waals surface area contributed by atoms with Gasteiger partial charge in [-0.3, -0.25) is 4.79 Å². The molecule has 5 rings (SSSR count). The molecule has 0 aromatic carbocycles. The summed E-state index contributed by atoms with van der Waals surface area (Å²) in [6.07, 6.45) is 2.45. The summed E-state index contributed by atoms with van der Waals surface area (Å²) in [5.74, 6) is 0.880. The average Bonchev–Trinajstić information content (AvgIpc) is 3.62. The maximum Gasteiger partial charge on any atom is 0.256 e. The van der Waals surface area contributed by atoms with E-state index in [9.17, 15) is 15.0 Å². The van der Waals surface area contributed by atoms with Crippen molar-refractivity contribution in [1.29, 1.82) is 0 Å². The van der Waals surface area contributed by atoms with E-state index < -0.39 is 23.7 Å². The molecule has 13 nitrogen and oxygen atoms in total. The van der Waals surface area contributed by atoms with Crippen molar-refractivity contribution in [2.24, 2.45) is 5.41 Å². The van der Waals surface area contributed by atoms with Crippen LogP contribution in [0.1, 0.15) is 19.4 Å². The number of aliphatic hydroxyl groups is 2. The number of anilines is 1. The number of amides is 1. The van der Waals surface area contributed by atoms with Gasteiger partial charge in [0, 0.05) is 14.1 Å². The molecule has 4 atom stereocenters. The Bertz CT molecular complexity index is 1310. The van der Waals surface area contributed by atoms with Crippen molar-refractivity contribution in [3.8, 4) is 17.4 Å². The van der Waals surface area contributed by atoms with Crippen LogP contribution in [0.4, 0.5) is 5.82 Å². The lowest BCUT2D eigenvalue weighted by Gasteiger charge is -2.26. The summed E-state index contributed by atoms with van der Waals surface area (Å²) in [6.45, 7) is 1.63. The molecule has 172 valence electrons. The number of carbonyl (C=O) groups excluding carboxylic acids is 1. The van der Waals surface area contributed by atoms with E-state index in [0.29, 0.717) is 28.4 Å². The maximum atomic E-state index is 12.4. The maximum absolute atomic E-state index is 12.4. The molecule has 4 aromatic rings. The Morgan fingerprint density at radius 3 is 2.82 bits per heavy atom. The fourth-order valence-corrected chi connectivity index (χ4v) is 4.36. The summed E-state index contributed by atoms with van der Waals surface area (Å²) in [4.78, 5) is 25.9. The second-order valence-corrected chi connectivity index (χ2v) is 8.18.